The van der Waals surface area contributed by atoms with Gasteiger partial charge in [0.2, 0.25) is 0 Å². The first kappa shape index (κ1) is 16.0. The van der Waals surface area contributed by atoms with Crippen LogP contribution in [0.3, 0.4) is 0 Å². The predicted octanol–water partition coefficient (Wildman–Crippen LogP) is 1.43. The first-order valence-corrected chi connectivity index (χ1v) is 8.24. The number of hydrogen-bond donors (Lipinski definition) is 2. The molecule has 0 saturated carbocycles. The van der Waals surface area contributed by atoms with Gasteiger partial charge in [-0.1, -0.05) is 6.07 Å². The minimum absolute atomic E-state index is 0.0755. The van der Waals surface area contributed by atoms with Gasteiger partial charge < -0.3 is 14.7 Å². The number of amides is 1. The molecular formula is C16H11N5O4S. The van der Waals surface area contributed by atoms with Crippen LogP contribution < -0.4 is 16.6 Å². The minimum Gasteiger partial charge on any atom is -0.467 e. The maximum atomic E-state index is 12.6. The second kappa shape index (κ2) is 6.41. The number of anilines is 1. The fourth-order valence-electron chi connectivity index (χ4n) is 2.47. The SMILES string of the molecule is O=C(Nc1cccc2nsnc12)c1c[nH]c(=O)n(Cc2ccco2)c1=O. The lowest BCUT2D eigenvalue weighted by molar-refractivity contribution is 0.102. The molecule has 26 heavy (non-hydrogen) atoms. The number of H-pyrrole nitrogens is 1. The van der Waals surface area contributed by atoms with Crippen molar-refractivity contribution in [1.29, 1.82) is 0 Å². The van der Waals surface area contributed by atoms with Crippen molar-refractivity contribution < 1.29 is 9.21 Å². The number of aromatic nitrogens is 4. The fraction of sp³-hybridized carbons (Fsp3) is 0.0625. The molecule has 0 bridgehead atoms. The number of fused-ring (bicyclic) bond motifs is 1. The van der Waals surface area contributed by atoms with Crippen molar-refractivity contribution in [3.63, 3.8) is 0 Å². The number of hydrogen-bond acceptors (Lipinski definition) is 7. The van der Waals surface area contributed by atoms with Gasteiger partial charge in [0.1, 0.15) is 22.4 Å². The number of aromatic amines is 1. The molecule has 1 amide bonds. The standard InChI is InChI=1S/C16H11N5O4S/c22-14(18-11-4-1-5-12-13(11)20-26-19-12)10-7-17-16(24)21(15(10)23)8-9-3-2-6-25-9/h1-7H,8H2,(H,17,24)(H,18,22). The van der Waals surface area contributed by atoms with Crippen LogP contribution in [0.2, 0.25) is 0 Å². The van der Waals surface area contributed by atoms with Crippen LogP contribution in [0.15, 0.2) is 56.8 Å². The third-order valence-corrected chi connectivity index (χ3v) is 4.28. The Labute approximate surface area is 149 Å². The topological polar surface area (TPSA) is 123 Å². The maximum absolute atomic E-state index is 12.6. The van der Waals surface area contributed by atoms with Crippen LogP contribution in [0, 0.1) is 0 Å². The van der Waals surface area contributed by atoms with Gasteiger partial charge in [0.05, 0.1) is 30.2 Å². The molecule has 130 valence electrons. The quantitative estimate of drug-likeness (QED) is 0.561. The molecule has 0 aliphatic heterocycles. The summed E-state index contributed by atoms with van der Waals surface area (Å²) in [7, 11) is 0. The summed E-state index contributed by atoms with van der Waals surface area (Å²) in [5, 5.41) is 2.64. The lowest BCUT2D eigenvalue weighted by Gasteiger charge is -2.07. The third kappa shape index (κ3) is 2.82. The lowest BCUT2D eigenvalue weighted by atomic mass is 10.2. The third-order valence-electron chi connectivity index (χ3n) is 3.73. The highest BCUT2D eigenvalue weighted by molar-refractivity contribution is 7.00. The second-order valence-corrected chi connectivity index (χ2v) is 5.90. The number of carbonyl (C=O) groups excluding carboxylic acids is 1. The van der Waals surface area contributed by atoms with Gasteiger partial charge in [0, 0.05) is 6.20 Å². The van der Waals surface area contributed by atoms with Gasteiger partial charge in [-0.25, -0.2) is 4.79 Å². The van der Waals surface area contributed by atoms with Crippen LogP contribution in [0.25, 0.3) is 11.0 Å². The molecule has 0 spiro atoms. The first-order chi connectivity index (χ1) is 12.6. The van der Waals surface area contributed by atoms with E-state index in [1.165, 1.54) is 6.26 Å². The Morgan fingerprint density at radius 3 is 2.92 bits per heavy atom. The number of nitrogens with zero attached hydrogens (tertiary/aromatic N) is 3. The number of carbonyl (C=O) groups is 1. The molecular weight excluding hydrogens is 358 g/mol. The number of furan rings is 1. The van der Waals surface area contributed by atoms with Crippen molar-refractivity contribution in [2.45, 2.75) is 6.54 Å². The molecule has 9 nitrogen and oxygen atoms in total. The lowest BCUT2D eigenvalue weighted by Crippen LogP contribution is -2.39. The highest BCUT2D eigenvalue weighted by Crippen LogP contribution is 2.21. The van der Waals surface area contributed by atoms with E-state index in [1.54, 1.807) is 30.3 Å². The van der Waals surface area contributed by atoms with Crippen LogP contribution in [0.1, 0.15) is 16.1 Å². The zero-order chi connectivity index (χ0) is 18.1. The molecule has 10 heteroatoms. The molecule has 0 saturated heterocycles. The van der Waals surface area contributed by atoms with Crippen LogP contribution in [-0.4, -0.2) is 24.2 Å². The Morgan fingerprint density at radius 1 is 1.23 bits per heavy atom. The first-order valence-electron chi connectivity index (χ1n) is 7.51. The van der Waals surface area contributed by atoms with Crippen molar-refractivity contribution in [2.75, 3.05) is 5.32 Å². The van der Waals surface area contributed by atoms with Crippen molar-refractivity contribution in [2.24, 2.45) is 0 Å². The predicted molar refractivity (Wildman–Crippen MR) is 94.5 cm³/mol. The van der Waals surface area contributed by atoms with Gasteiger partial charge in [-0.2, -0.15) is 8.75 Å². The molecule has 3 aromatic heterocycles. The van der Waals surface area contributed by atoms with Gasteiger partial charge in [0.15, 0.2) is 0 Å². The molecule has 0 aliphatic carbocycles. The van der Waals surface area contributed by atoms with E-state index in [9.17, 15) is 14.4 Å². The van der Waals surface area contributed by atoms with Crippen LogP contribution >= 0.6 is 11.7 Å². The summed E-state index contributed by atoms with van der Waals surface area (Å²) in [5.74, 6) is -0.228. The van der Waals surface area contributed by atoms with Crippen molar-refractivity contribution in [3.8, 4) is 0 Å². The molecule has 0 fully saturated rings. The van der Waals surface area contributed by atoms with Crippen molar-refractivity contribution >= 4 is 34.4 Å². The van der Waals surface area contributed by atoms with Gasteiger partial charge in [-0.05, 0) is 24.3 Å². The van der Waals surface area contributed by atoms with E-state index >= 15 is 0 Å². The number of benzene rings is 1. The van der Waals surface area contributed by atoms with E-state index in [0.29, 0.717) is 22.5 Å². The van der Waals surface area contributed by atoms with Gasteiger partial charge in [0.25, 0.3) is 11.5 Å². The van der Waals surface area contributed by atoms with Gasteiger partial charge in [-0.3, -0.25) is 14.2 Å². The summed E-state index contributed by atoms with van der Waals surface area (Å²) < 4.78 is 14.3. The Morgan fingerprint density at radius 2 is 2.12 bits per heavy atom. The maximum Gasteiger partial charge on any atom is 0.328 e. The van der Waals surface area contributed by atoms with Crippen LogP contribution in [-0.2, 0) is 6.54 Å². The Kier molecular flexibility index (Phi) is 3.93. The summed E-state index contributed by atoms with van der Waals surface area (Å²) in [6.45, 7) is -0.0755. The summed E-state index contributed by atoms with van der Waals surface area (Å²) >= 11 is 1.02. The van der Waals surface area contributed by atoms with Crippen LogP contribution in [0.4, 0.5) is 5.69 Å². The van der Waals surface area contributed by atoms with E-state index in [0.717, 1.165) is 22.5 Å². The molecule has 0 aliphatic rings. The minimum atomic E-state index is -0.716. The molecule has 0 unspecified atom stereocenters. The second-order valence-electron chi connectivity index (χ2n) is 5.37. The monoisotopic (exact) mass is 369 g/mol. The molecule has 3 heterocycles. The molecule has 2 N–H and O–H groups in total. The highest BCUT2D eigenvalue weighted by Gasteiger charge is 2.17. The fourth-order valence-corrected chi connectivity index (χ4v) is 3.02. The van der Waals surface area contributed by atoms with Gasteiger partial charge >= 0.3 is 5.69 Å². The van der Waals surface area contributed by atoms with E-state index in [2.05, 4.69) is 19.0 Å². The largest absolute Gasteiger partial charge is 0.467 e. The van der Waals surface area contributed by atoms with E-state index in [1.807, 2.05) is 0 Å². The molecule has 4 rings (SSSR count). The number of rotatable bonds is 4. The molecule has 4 aromatic rings. The molecule has 0 radical (unpaired) electrons. The smallest absolute Gasteiger partial charge is 0.328 e. The zero-order valence-electron chi connectivity index (χ0n) is 13.1. The normalized spacial score (nSPS) is 10.9. The highest BCUT2D eigenvalue weighted by atomic mass is 32.1. The Bertz CT molecular complexity index is 1210. The van der Waals surface area contributed by atoms with E-state index in [4.69, 9.17) is 4.42 Å². The summed E-state index contributed by atoms with van der Waals surface area (Å²) in [6.07, 6.45) is 2.53. The van der Waals surface area contributed by atoms with E-state index in [-0.39, 0.29) is 12.1 Å². The number of nitrogens with one attached hydrogen (secondary N) is 2. The molecule has 0 atom stereocenters. The summed E-state index contributed by atoms with van der Waals surface area (Å²) in [5.41, 5.74) is 0.0662. The van der Waals surface area contributed by atoms with Gasteiger partial charge in [-0.15, -0.1) is 0 Å². The zero-order valence-corrected chi connectivity index (χ0v) is 13.9. The summed E-state index contributed by atoms with van der Waals surface area (Å²) in [6, 6.07) is 8.43. The van der Waals surface area contributed by atoms with Crippen LogP contribution in [0.5, 0.6) is 0 Å². The Hall–Kier alpha value is -3.53. The summed E-state index contributed by atoms with van der Waals surface area (Å²) in [4.78, 5) is 39.5. The average Bonchev–Trinajstić information content (AvgIpc) is 3.30. The Balaban J connectivity index is 1.69. The average molecular weight is 369 g/mol. The van der Waals surface area contributed by atoms with E-state index < -0.39 is 17.2 Å². The molecule has 1 aromatic carbocycles. The van der Waals surface area contributed by atoms with Crippen molar-refractivity contribution in [3.05, 3.63) is 75.0 Å². The van der Waals surface area contributed by atoms with Crippen molar-refractivity contribution in [1.82, 2.24) is 18.3 Å².